The van der Waals surface area contributed by atoms with Crippen LogP contribution in [0.3, 0.4) is 0 Å². The Bertz CT molecular complexity index is 541. The van der Waals surface area contributed by atoms with Gasteiger partial charge in [0.15, 0.2) is 0 Å². The van der Waals surface area contributed by atoms with Gasteiger partial charge in [-0.05, 0) is 31.2 Å². The molecule has 1 aromatic heterocycles. The summed E-state index contributed by atoms with van der Waals surface area (Å²) in [5.74, 6) is -0.423. The lowest BCUT2D eigenvalue weighted by molar-refractivity contribution is -0.385. The summed E-state index contributed by atoms with van der Waals surface area (Å²) in [7, 11) is 0. The molecule has 1 unspecified atom stereocenters. The van der Waals surface area contributed by atoms with Crippen molar-refractivity contribution >= 4 is 17.5 Å². The molecule has 7 nitrogen and oxygen atoms in total. The Morgan fingerprint density at radius 1 is 1.48 bits per heavy atom. The van der Waals surface area contributed by atoms with E-state index in [1.54, 1.807) is 6.92 Å². The third kappa shape index (κ3) is 3.68. The zero-order valence-electron chi connectivity index (χ0n) is 11.9. The highest BCUT2D eigenvalue weighted by Gasteiger charge is 2.30. The van der Waals surface area contributed by atoms with Crippen LogP contribution < -0.4 is 5.32 Å². The van der Waals surface area contributed by atoms with Crippen LogP contribution in [-0.4, -0.2) is 27.0 Å². The van der Waals surface area contributed by atoms with Gasteiger partial charge >= 0.3 is 5.97 Å². The second-order valence-corrected chi connectivity index (χ2v) is 5.47. The average Bonchev–Trinajstić information content (AvgIpc) is 2.46. The fraction of sp³-hybridized carbons (Fsp3) is 0.571. The normalized spacial score (nSPS) is 17.2. The van der Waals surface area contributed by atoms with E-state index in [4.69, 9.17) is 0 Å². The molecule has 0 saturated heterocycles. The Hall–Kier alpha value is -2.18. The van der Waals surface area contributed by atoms with Gasteiger partial charge in [0, 0.05) is 6.07 Å². The molecule has 1 aromatic rings. The molecule has 2 rings (SSSR count). The molecule has 1 aliphatic rings. The van der Waals surface area contributed by atoms with E-state index in [2.05, 4.69) is 10.3 Å². The summed E-state index contributed by atoms with van der Waals surface area (Å²) in [4.78, 5) is 25.7. The first kappa shape index (κ1) is 15.2. The zero-order valence-corrected chi connectivity index (χ0v) is 11.9. The second kappa shape index (κ2) is 6.51. The van der Waals surface area contributed by atoms with E-state index in [9.17, 15) is 20.0 Å². The van der Waals surface area contributed by atoms with E-state index in [-0.39, 0.29) is 11.6 Å². The summed E-state index contributed by atoms with van der Waals surface area (Å²) in [6.07, 6.45) is 6.16. The molecular weight excluding hydrogens is 274 g/mol. The zero-order chi connectivity index (χ0) is 15.4. The predicted octanol–water partition coefficient (Wildman–Crippen LogP) is 2.74. The van der Waals surface area contributed by atoms with Crippen molar-refractivity contribution < 1.29 is 14.8 Å². The minimum Gasteiger partial charge on any atom is -0.480 e. The van der Waals surface area contributed by atoms with Gasteiger partial charge in [-0.15, -0.1) is 0 Å². The number of hydrogen-bond donors (Lipinski definition) is 2. The summed E-state index contributed by atoms with van der Waals surface area (Å²) in [6.45, 7) is 1.68. The molecule has 0 aromatic carbocycles. The summed E-state index contributed by atoms with van der Waals surface area (Å²) in [6, 6.07) is 0.702. The minimum absolute atomic E-state index is 0.0765. The standard InChI is InChI=1S/C14H19N3O4/c1-9-7-11(17(20)21)8-15-13(9)16-12(14(18)19)10-5-3-2-4-6-10/h7-8,10,12H,2-6H2,1H3,(H,15,16)(H,18,19). The van der Waals surface area contributed by atoms with Crippen LogP contribution in [0.15, 0.2) is 12.3 Å². The largest absolute Gasteiger partial charge is 0.480 e. The quantitative estimate of drug-likeness (QED) is 0.638. The number of nitrogens with one attached hydrogen (secondary N) is 1. The first-order chi connectivity index (χ1) is 9.99. The number of aryl methyl sites for hydroxylation is 1. The van der Waals surface area contributed by atoms with Crippen LogP contribution in [-0.2, 0) is 4.79 Å². The van der Waals surface area contributed by atoms with Crippen molar-refractivity contribution in [2.24, 2.45) is 5.92 Å². The lowest BCUT2D eigenvalue weighted by atomic mass is 9.84. The van der Waals surface area contributed by atoms with Crippen molar-refractivity contribution in [3.63, 3.8) is 0 Å². The molecule has 0 aliphatic heterocycles. The lowest BCUT2D eigenvalue weighted by Gasteiger charge is -2.28. The first-order valence-corrected chi connectivity index (χ1v) is 7.09. The van der Waals surface area contributed by atoms with Crippen molar-refractivity contribution in [3.05, 3.63) is 27.9 Å². The molecule has 114 valence electrons. The van der Waals surface area contributed by atoms with Gasteiger partial charge in [0.1, 0.15) is 18.1 Å². The molecule has 1 heterocycles. The fourth-order valence-electron chi connectivity index (χ4n) is 2.81. The molecular formula is C14H19N3O4. The summed E-state index contributed by atoms with van der Waals surface area (Å²) in [5, 5.41) is 23.1. The first-order valence-electron chi connectivity index (χ1n) is 7.09. The summed E-state index contributed by atoms with van der Waals surface area (Å²) in [5.41, 5.74) is 0.480. The molecule has 1 aliphatic carbocycles. The number of anilines is 1. The van der Waals surface area contributed by atoms with Crippen LogP contribution in [0.5, 0.6) is 0 Å². The Kier molecular flexibility index (Phi) is 4.72. The SMILES string of the molecule is Cc1cc([N+](=O)[O-])cnc1NC(C(=O)O)C1CCCCC1. The summed E-state index contributed by atoms with van der Waals surface area (Å²) >= 11 is 0. The topological polar surface area (TPSA) is 105 Å². The Morgan fingerprint density at radius 3 is 2.67 bits per heavy atom. The molecule has 0 amide bonds. The molecule has 2 N–H and O–H groups in total. The minimum atomic E-state index is -0.901. The number of nitrogens with zero attached hydrogens (tertiary/aromatic N) is 2. The van der Waals surface area contributed by atoms with Crippen molar-refractivity contribution in [3.8, 4) is 0 Å². The Balaban J connectivity index is 2.16. The molecule has 0 spiro atoms. The molecule has 0 radical (unpaired) electrons. The fourth-order valence-corrected chi connectivity index (χ4v) is 2.81. The van der Waals surface area contributed by atoms with Gasteiger partial charge in [-0.1, -0.05) is 19.3 Å². The maximum atomic E-state index is 11.5. The predicted molar refractivity (Wildman–Crippen MR) is 77.2 cm³/mol. The highest BCUT2D eigenvalue weighted by Crippen LogP contribution is 2.29. The van der Waals surface area contributed by atoms with Crippen LogP contribution >= 0.6 is 0 Å². The number of carboxylic acid groups (broad SMARTS) is 1. The van der Waals surface area contributed by atoms with Gasteiger partial charge in [-0.2, -0.15) is 0 Å². The van der Waals surface area contributed by atoms with Gasteiger partial charge < -0.3 is 10.4 Å². The molecule has 1 atom stereocenters. The molecule has 21 heavy (non-hydrogen) atoms. The number of nitro groups is 1. The van der Waals surface area contributed by atoms with E-state index in [0.29, 0.717) is 11.4 Å². The number of aromatic nitrogens is 1. The number of pyridine rings is 1. The second-order valence-electron chi connectivity index (χ2n) is 5.47. The summed E-state index contributed by atoms with van der Waals surface area (Å²) < 4.78 is 0. The molecule has 1 fully saturated rings. The third-order valence-corrected chi connectivity index (χ3v) is 3.95. The van der Waals surface area contributed by atoms with Crippen molar-refractivity contribution in [1.82, 2.24) is 4.98 Å². The van der Waals surface area contributed by atoms with Crippen LogP contribution in [0.1, 0.15) is 37.7 Å². The number of hydrogen-bond acceptors (Lipinski definition) is 5. The van der Waals surface area contributed by atoms with E-state index in [1.165, 1.54) is 6.07 Å². The van der Waals surface area contributed by atoms with E-state index in [0.717, 1.165) is 38.3 Å². The Morgan fingerprint density at radius 2 is 2.14 bits per heavy atom. The van der Waals surface area contributed by atoms with Crippen molar-refractivity contribution in [2.75, 3.05) is 5.32 Å². The van der Waals surface area contributed by atoms with Gasteiger partial charge in [0.2, 0.25) is 0 Å². The van der Waals surface area contributed by atoms with E-state index < -0.39 is 16.9 Å². The van der Waals surface area contributed by atoms with E-state index >= 15 is 0 Å². The van der Waals surface area contributed by atoms with Crippen LogP contribution in [0.4, 0.5) is 11.5 Å². The van der Waals surface area contributed by atoms with Crippen molar-refractivity contribution in [2.45, 2.75) is 45.1 Å². The van der Waals surface area contributed by atoms with E-state index in [1.807, 2.05) is 0 Å². The van der Waals surface area contributed by atoms with Crippen LogP contribution in [0.2, 0.25) is 0 Å². The lowest BCUT2D eigenvalue weighted by Crippen LogP contribution is -2.38. The van der Waals surface area contributed by atoms with Crippen LogP contribution in [0, 0.1) is 23.0 Å². The number of carbonyl (C=O) groups is 1. The van der Waals surface area contributed by atoms with Crippen molar-refractivity contribution in [1.29, 1.82) is 0 Å². The maximum Gasteiger partial charge on any atom is 0.326 e. The molecule has 1 saturated carbocycles. The third-order valence-electron chi connectivity index (χ3n) is 3.95. The maximum absolute atomic E-state index is 11.5. The van der Waals surface area contributed by atoms with Gasteiger partial charge in [0.05, 0.1) is 4.92 Å². The molecule has 0 bridgehead atoms. The smallest absolute Gasteiger partial charge is 0.326 e. The van der Waals surface area contributed by atoms with Gasteiger partial charge in [0.25, 0.3) is 5.69 Å². The van der Waals surface area contributed by atoms with Gasteiger partial charge in [-0.25, -0.2) is 9.78 Å². The number of carboxylic acids is 1. The molecule has 7 heteroatoms. The Labute approximate surface area is 122 Å². The monoisotopic (exact) mass is 293 g/mol. The highest BCUT2D eigenvalue weighted by molar-refractivity contribution is 5.77. The number of aliphatic carboxylic acids is 1. The highest BCUT2D eigenvalue weighted by atomic mass is 16.6. The number of rotatable bonds is 5. The van der Waals surface area contributed by atoms with Crippen LogP contribution in [0.25, 0.3) is 0 Å². The van der Waals surface area contributed by atoms with Gasteiger partial charge in [-0.3, -0.25) is 10.1 Å². The average molecular weight is 293 g/mol.